The monoisotopic (exact) mass is 326 g/mol. The van der Waals surface area contributed by atoms with Crippen molar-refractivity contribution in [3.05, 3.63) is 54.2 Å². The van der Waals surface area contributed by atoms with Gasteiger partial charge in [0.05, 0.1) is 5.92 Å². The maximum atomic E-state index is 12.6. The summed E-state index contributed by atoms with van der Waals surface area (Å²) in [5.74, 6) is -0.439. The molecule has 2 atom stereocenters. The van der Waals surface area contributed by atoms with Crippen LogP contribution in [-0.4, -0.2) is 39.5 Å². The van der Waals surface area contributed by atoms with Crippen molar-refractivity contribution in [3.63, 3.8) is 0 Å². The fraction of sp³-hybridized carbons (Fsp3) is 0.278. The number of pyridine rings is 1. The summed E-state index contributed by atoms with van der Waals surface area (Å²) in [5, 5.41) is 9.17. The highest BCUT2D eigenvalue weighted by atomic mass is 16.5. The van der Waals surface area contributed by atoms with E-state index in [4.69, 9.17) is 9.84 Å². The van der Waals surface area contributed by atoms with Gasteiger partial charge in [0.25, 0.3) is 5.91 Å². The molecule has 1 N–H and O–H groups in total. The van der Waals surface area contributed by atoms with Crippen LogP contribution in [0.25, 0.3) is 0 Å². The zero-order valence-electron chi connectivity index (χ0n) is 13.3. The number of carboxylic acids is 1. The summed E-state index contributed by atoms with van der Waals surface area (Å²) in [4.78, 5) is 29.4. The Bertz CT molecular complexity index is 730. The molecule has 124 valence electrons. The Morgan fingerprint density at radius 1 is 1.21 bits per heavy atom. The maximum Gasteiger partial charge on any atom is 0.308 e. The third-order valence-electron chi connectivity index (χ3n) is 4.29. The number of likely N-dealkylation sites (tertiary alicyclic amines) is 1. The normalized spacial score (nSPS) is 20.0. The average Bonchev–Trinajstić information content (AvgIpc) is 2.97. The molecule has 1 aromatic carbocycles. The Labute approximate surface area is 139 Å². The van der Waals surface area contributed by atoms with Gasteiger partial charge in [0.2, 0.25) is 5.88 Å². The predicted octanol–water partition coefficient (Wildman–Crippen LogP) is 2.81. The number of ether oxygens (including phenoxy) is 1. The molecule has 6 heteroatoms. The standard InChI is InChI=1S/C18H18N2O4/c1-12-15(18(22)23)9-11-20(12)17(21)13-5-7-14(8-6-13)24-16-4-2-3-10-19-16/h2-8,10,12,15H,9,11H2,1H3,(H,22,23). The van der Waals surface area contributed by atoms with Gasteiger partial charge >= 0.3 is 5.97 Å². The molecule has 1 amide bonds. The number of hydrogen-bond donors (Lipinski definition) is 1. The van der Waals surface area contributed by atoms with Gasteiger partial charge in [-0.25, -0.2) is 4.98 Å². The summed E-state index contributed by atoms with van der Waals surface area (Å²) in [6, 6.07) is 11.8. The van der Waals surface area contributed by atoms with Crippen LogP contribution < -0.4 is 4.74 Å². The van der Waals surface area contributed by atoms with Crippen molar-refractivity contribution in [2.45, 2.75) is 19.4 Å². The lowest BCUT2D eigenvalue weighted by atomic mass is 10.0. The number of benzene rings is 1. The number of amides is 1. The molecule has 0 saturated carbocycles. The number of aromatic nitrogens is 1. The van der Waals surface area contributed by atoms with Gasteiger partial charge in [-0.05, 0) is 43.7 Å². The third-order valence-corrected chi connectivity index (χ3v) is 4.29. The molecule has 1 fully saturated rings. The first kappa shape index (κ1) is 16.0. The minimum absolute atomic E-state index is 0.157. The van der Waals surface area contributed by atoms with Crippen LogP contribution in [0, 0.1) is 5.92 Å². The van der Waals surface area contributed by atoms with Crippen LogP contribution >= 0.6 is 0 Å². The van der Waals surface area contributed by atoms with E-state index < -0.39 is 11.9 Å². The second kappa shape index (κ2) is 6.70. The number of hydrogen-bond acceptors (Lipinski definition) is 4. The number of aliphatic carboxylic acids is 1. The minimum atomic E-state index is -0.850. The van der Waals surface area contributed by atoms with Gasteiger partial charge in [-0.3, -0.25) is 9.59 Å². The minimum Gasteiger partial charge on any atom is -0.481 e. The summed E-state index contributed by atoms with van der Waals surface area (Å²) in [7, 11) is 0. The molecule has 6 nitrogen and oxygen atoms in total. The summed E-state index contributed by atoms with van der Waals surface area (Å²) >= 11 is 0. The van der Waals surface area contributed by atoms with Crippen molar-refractivity contribution in [2.75, 3.05) is 6.54 Å². The highest BCUT2D eigenvalue weighted by molar-refractivity contribution is 5.95. The van der Waals surface area contributed by atoms with E-state index in [-0.39, 0.29) is 11.9 Å². The molecule has 3 rings (SSSR count). The lowest BCUT2D eigenvalue weighted by Crippen LogP contribution is -2.37. The van der Waals surface area contributed by atoms with Crippen LogP contribution in [-0.2, 0) is 4.79 Å². The van der Waals surface area contributed by atoms with Crippen molar-refractivity contribution in [1.29, 1.82) is 0 Å². The molecular formula is C18H18N2O4. The molecule has 0 spiro atoms. The van der Waals surface area contributed by atoms with E-state index >= 15 is 0 Å². The molecule has 0 aliphatic carbocycles. The summed E-state index contributed by atoms with van der Waals surface area (Å²) in [6.07, 6.45) is 2.13. The molecular weight excluding hydrogens is 308 g/mol. The SMILES string of the molecule is CC1C(C(=O)O)CCN1C(=O)c1ccc(Oc2ccccn2)cc1. The first-order valence-corrected chi connectivity index (χ1v) is 7.79. The smallest absolute Gasteiger partial charge is 0.308 e. The Morgan fingerprint density at radius 2 is 1.96 bits per heavy atom. The lowest BCUT2D eigenvalue weighted by molar-refractivity contribution is -0.142. The highest BCUT2D eigenvalue weighted by Gasteiger charge is 2.38. The number of carbonyl (C=O) groups is 2. The van der Waals surface area contributed by atoms with E-state index in [9.17, 15) is 9.59 Å². The van der Waals surface area contributed by atoms with Gasteiger partial charge in [0.1, 0.15) is 5.75 Å². The lowest BCUT2D eigenvalue weighted by Gasteiger charge is -2.23. The Kier molecular flexibility index (Phi) is 4.46. The predicted molar refractivity (Wildman–Crippen MR) is 87.0 cm³/mol. The molecule has 1 aromatic heterocycles. The molecule has 2 heterocycles. The van der Waals surface area contributed by atoms with E-state index in [0.717, 1.165) is 0 Å². The van der Waals surface area contributed by atoms with E-state index in [1.807, 2.05) is 6.07 Å². The Hall–Kier alpha value is -2.89. The van der Waals surface area contributed by atoms with Gasteiger partial charge < -0.3 is 14.7 Å². The van der Waals surface area contributed by atoms with E-state index in [1.54, 1.807) is 54.4 Å². The van der Waals surface area contributed by atoms with Crippen molar-refractivity contribution in [3.8, 4) is 11.6 Å². The van der Waals surface area contributed by atoms with Gasteiger partial charge in [0, 0.05) is 30.4 Å². The fourth-order valence-electron chi connectivity index (χ4n) is 2.92. The molecule has 1 aliphatic rings. The number of carbonyl (C=O) groups excluding carboxylic acids is 1. The van der Waals surface area contributed by atoms with Crippen LogP contribution in [0.4, 0.5) is 0 Å². The fourth-order valence-corrected chi connectivity index (χ4v) is 2.92. The van der Waals surface area contributed by atoms with Crippen LogP contribution in [0.5, 0.6) is 11.6 Å². The second-order valence-corrected chi connectivity index (χ2v) is 5.77. The molecule has 1 aliphatic heterocycles. The van der Waals surface area contributed by atoms with Gasteiger partial charge in [-0.15, -0.1) is 0 Å². The molecule has 2 unspecified atom stereocenters. The molecule has 24 heavy (non-hydrogen) atoms. The zero-order valence-corrected chi connectivity index (χ0v) is 13.3. The van der Waals surface area contributed by atoms with Crippen molar-refractivity contribution >= 4 is 11.9 Å². The van der Waals surface area contributed by atoms with E-state index in [2.05, 4.69) is 4.98 Å². The van der Waals surface area contributed by atoms with Crippen LogP contribution in [0.1, 0.15) is 23.7 Å². The summed E-state index contributed by atoms with van der Waals surface area (Å²) in [5.41, 5.74) is 0.515. The number of nitrogens with zero attached hydrogens (tertiary/aromatic N) is 2. The number of carboxylic acid groups (broad SMARTS) is 1. The molecule has 0 radical (unpaired) electrons. The van der Waals surface area contributed by atoms with Crippen molar-refractivity contribution in [1.82, 2.24) is 9.88 Å². The van der Waals surface area contributed by atoms with Crippen LogP contribution in [0.2, 0.25) is 0 Å². The quantitative estimate of drug-likeness (QED) is 0.934. The zero-order chi connectivity index (χ0) is 17.1. The van der Waals surface area contributed by atoms with Crippen LogP contribution in [0.15, 0.2) is 48.7 Å². The first-order chi connectivity index (χ1) is 11.6. The van der Waals surface area contributed by atoms with Crippen LogP contribution in [0.3, 0.4) is 0 Å². The van der Waals surface area contributed by atoms with Crippen molar-refractivity contribution in [2.24, 2.45) is 5.92 Å². The summed E-state index contributed by atoms with van der Waals surface area (Å²) in [6.45, 7) is 2.24. The summed E-state index contributed by atoms with van der Waals surface area (Å²) < 4.78 is 5.59. The van der Waals surface area contributed by atoms with Crippen molar-refractivity contribution < 1.29 is 19.4 Å². The van der Waals surface area contributed by atoms with E-state index in [1.165, 1.54) is 0 Å². The first-order valence-electron chi connectivity index (χ1n) is 7.79. The highest BCUT2D eigenvalue weighted by Crippen LogP contribution is 2.27. The second-order valence-electron chi connectivity index (χ2n) is 5.77. The topological polar surface area (TPSA) is 79.7 Å². The Balaban J connectivity index is 1.69. The van der Waals surface area contributed by atoms with Gasteiger partial charge in [-0.2, -0.15) is 0 Å². The molecule has 0 bridgehead atoms. The van der Waals surface area contributed by atoms with Gasteiger partial charge in [0.15, 0.2) is 0 Å². The largest absolute Gasteiger partial charge is 0.481 e. The maximum absolute atomic E-state index is 12.6. The van der Waals surface area contributed by atoms with Gasteiger partial charge in [-0.1, -0.05) is 6.07 Å². The van der Waals surface area contributed by atoms with E-state index in [0.29, 0.717) is 30.2 Å². The average molecular weight is 326 g/mol. The molecule has 2 aromatic rings. The third kappa shape index (κ3) is 3.22. The number of rotatable bonds is 4. The Morgan fingerprint density at radius 3 is 2.54 bits per heavy atom. The molecule has 1 saturated heterocycles.